The third-order valence-corrected chi connectivity index (χ3v) is 2.74. The van der Waals surface area contributed by atoms with E-state index < -0.39 is 0 Å². The van der Waals surface area contributed by atoms with Crippen molar-refractivity contribution in [1.82, 2.24) is 0 Å². The zero-order valence-corrected chi connectivity index (χ0v) is 11.2. The van der Waals surface area contributed by atoms with E-state index in [0.29, 0.717) is 28.6 Å². The van der Waals surface area contributed by atoms with Crippen LogP contribution in [0.25, 0.3) is 0 Å². The Labute approximate surface area is 111 Å². The Balaban J connectivity index is 2.72. The summed E-state index contributed by atoms with van der Waals surface area (Å²) in [5.41, 5.74) is 1.33. The van der Waals surface area contributed by atoms with Crippen LogP contribution in [0.4, 0.5) is 0 Å². The molecule has 0 amide bonds. The lowest BCUT2D eigenvalue weighted by molar-refractivity contribution is -0.111. The van der Waals surface area contributed by atoms with E-state index in [0.717, 1.165) is 5.56 Å². The summed E-state index contributed by atoms with van der Waals surface area (Å²) in [7, 11) is 3.06. The van der Waals surface area contributed by atoms with Crippen molar-refractivity contribution in [3.63, 3.8) is 0 Å². The fourth-order valence-corrected chi connectivity index (χ4v) is 1.92. The minimum Gasteiger partial charge on any atom is -0.492 e. The van der Waals surface area contributed by atoms with Gasteiger partial charge in [0.25, 0.3) is 0 Å². The molecule has 1 aromatic carbocycles. The standard InChI is InChI=1S/C14H14O5/c1-8(15)5-6-10-9(2)11(16-3)13(17-4)14-12(10)18-7-19-14/h7H2,1-4H3. The Hall–Kier alpha value is -2.35. The molecule has 1 aromatic rings. The van der Waals surface area contributed by atoms with Gasteiger partial charge in [0.05, 0.1) is 19.8 Å². The molecule has 0 aliphatic carbocycles. The number of rotatable bonds is 2. The molecule has 100 valence electrons. The van der Waals surface area contributed by atoms with Crippen molar-refractivity contribution < 1.29 is 23.7 Å². The quantitative estimate of drug-likeness (QED) is 0.759. The maximum Gasteiger partial charge on any atom is 0.231 e. The molecule has 5 heteroatoms. The van der Waals surface area contributed by atoms with Crippen LogP contribution in [0.15, 0.2) is 0 Å². The van der Waals surface area contributed by atoms with Crippen molar-refractivity contribution in [1.29, 1.82) is 0 Å². The average molecular weight is 262 g/mol. The number of ether oxygens (including phenoxy) is 4. The van der Waals surface area contributed by atoms with Crippen LogP contribution in [0.2, 0.25) is 0 Å². The monoisotopic (exact) mass is 262 g/mol. The lowest BCUT2D eigenvalue weighted by Crippen LogP contribution is -1.98. The van der Waals surface area contributed by atoms with Gasteiger partial charge in [0, 0.05) is 12.5 Å². The zero-order chi connectivity index (χ0) is 14.0. The predicted molar refractivity (Wildman–Crippen MR) is 68.0 cm³/mol. The van der Waals surface area contributed by atoms with E-state index in [-0.39, 0.29) is 12.6 Å². The molecule has 0 spiro atoms. The lowest BCUT2D eigenvalue weighted by atomic mass is 10.0. The van der Waals surface area contributed by atoms with Crippen molar-refractivity contribution >= 4 is 5.78 Å². The summed E-state index contributed by atoms with van der Waals surface area (Å²) in [5.74, 6) is 7.02. The van der Waals surface area contributed by atoms with Crippen LogP contribution < -0.4 is 18.9 Å². The molecule has 0 unspecified atom stereocenters. The van der Waals surface area contributed by atoms with Crippen LogP contribution >= 0.6 is 0 Å². The number of ketones is 1. The Kier molecular flexibility index (Phi) is 3.52. The molecule has 0 radical (unpaired) electrons. The number of benzene rings is 1. The highest BCUT2D eigenvalue weighted by molar-refractivity contribution is 5.94. The first-order chi connectivity index (χ1) is 9.10. The summed E-state index contributed by atoms with van der Waals surface area (Å²) >= 11 is 0. The molecule has 0 atom stereocenters. The highest BCUT2D eigenvalue weighted by Crippen LogP contribution is 2.51. The second-order valence-electron chi connectivity index (χ2n) is 3.94. The molecule has 2 rings (SSSR count). The Morgan fingerprint density at radius 1 is 1.16 bits per heavy atom. The van der Waals surface area contributed by atoms with Crippen molar-refractivity contribution in [2.75, 3.05) is 21.0 Å². The van der Waals surface area contributed by atoms with E-state index in [2.05, 4.69) is 11.8 Å². The van der Waals surface area contributed by atoms with E-state index in [1.165, 1.54) is 21.1 Å². The molecule has 0 aromatic heterocycles. The smallest absolute Gasteiger partial charge is 0.231 e. The van der Waals surface area contributed by atoms with Gasteiger partial charge < -0.3 is 18.9 Å². The highest BCUT2D eigenvalue weighted by Gasteiger charge is 2.29. The number of carbonyl (C=O) groups is 1. The summed E-state index contributed by atoms with van der Waals surface area (Å²) in [6.07, 6.45) is 0. The van der Waals surface area contributed by atoms with Gasteiger partial charge in [-0.05, 0) is 12.8 Å². The molecule has 5 nitrogen and oxygen atoms in total. The SMILES string of the molecule is COc1c(C)c(C#CC(C)=O)c2c(c1OC)OCO2. The first kappa shape index (κ1) is 13.1. The third-order valence-electron chi connectivity index (χ3n) is 2.74. The normalized spacial score (nSPS) is 11.6. The Morgan fingerprint density at radius 3 is 2.37 bits per heavy atom. The van der Waals surface area contributed by atoms with Gasteiger partial charge in [0.1, 0.15) is 0 Å². The lowest BCUT2D eigenvalue weighted by Gasteiger charge is -2.14. The molecule has 0 saturated carbocycles. The predicted octanol–water partition coefficient (Wildman–Crippen LogP) is 1.68. The molecule has 0 N–H and O–H groups in total. The fraction of sp³-hybridized carbons (Fsp3) is 0.357. The van der Waals surface area contributed by atoms with Crippen LogP contribution in [0.5, 0.6) is 23.0 Å². The van der Waals surface area contributed by atoms with Crippen molar-refractivity contribution in [3.8, 4) is 34.8 Å². The van der Waals surface area contributed by atoms with E-state index in [1.54, 1.807) is 0 Å². The van der Waals surface area contributed by atoms with Gasteiger partial charge in [-0.15, -0.1) is 0 Å². The first-order valence-corrected chi connectivity index (χ1v) is 5.66. The molecular formula is C14H14O5. The zero-order valence-electron chi connectivity index (χ0n) is 11.2. The van der Waals surface area contributed by atoms with Crippen LogP contribution in [0.3, 0.4) is 0 Å². The van der Waals surface area contributed by atoms with E-state index in [1.807, 2.05) is 6.92 Å². The number of methoxy groups -OCH3 is 2. The van der Waals surface area contributed by atoms with Gasteiger partial charge in [-0.2, -0.15) is 0 Å². The molecule has 1 aliphatic heterocycles. The van der Waals surface area contributed by atoms with Crippen LogP contribution in [0, 0.1) is 18.8 Å². The van der Waals surface area contributed by atoms with Gasteiger partial charge in [-0.25, -0.2) is 0 Å². The van der Waals surface area contributed by atoms with Gasteiger partial charge in [0.15, 0.2) is 11.5 Å². The molecular weight excluding hydrogens is 248 g/mol. The van der Waals surface area contributed by atoms with Gasteiger partial charge >= 0.3 is 0 Å². The van der Waals surface area contributed by atoms with E-state index in [9.17, 15) is 4.79 Å². The number of carbonyl (C=O) groups excluding carboxylic acids is 1. The minimum atomic E-state index is -0.221. The van der Waals surface area contributed by atoms with Crippen molar-refractivity contribution in [2.24, 2.45) is 0 Å². The summed E-state index contributed by atoms with van der Waals surface area (Å²) in [6, 6.07) is 0. The molecule has 0 saturated heterocycles. The summed E-state index contributed by atoms with van der Waals surface area (Å²) < 4.78 is 21.4. The summed E-state index contributed by atoms with van der Waals surface area (Å²) in [6.45, 7) is 3.32. The number of hydrogen-bond acceptors (Lipinski definition) is 5. The van der Waals surface area contributed by atoms with E-state index in [4.69, 9.17) is 18.9 Å². The second-order valence-corrected chi connectivity index (χ2v) is 3.94. The summed E-state index contributed by atoms with van der Waals surface area (Å²) in [4.78, 5) is 11.0. The molecule has 1 heterocycles. The van der Waals surface area contributed by atoms with Gasteiger partial charge in [0.2, 0.25) is 24.1 Å². The minimum absolute atomic E-state index is 0.0903. The maximum atomic E-state index is 11.0. The first-order valence-electron chi connectivity index (χ1n) is 5.66. The van der Waals surface area contributed by atoms with Gasteiger partial charge in [-0.3, -0.25) is 4.79 Å². The molecule has 0 bridgehead atoms. The fourth-order valence-electron chi connectivity index (χ4n) is 1.92. The highest BCUT2D eigenvalue weighted by atomic mass is 16.7. The van der Waals surface area contributed by atoms with Crippen LogP contribution in [-0.4, -0.2) is 26.8 Å². The Bertz CT molecular complexity index is 589. The molecule has 19 heavy (non-hydrogen) atoms. The number of Topliss-reactive ketones (excluding diaryl/α,β-unsaturated/α-hetero) is 1. The van der Waals surface area contributed by atoms with E-state index >= 15 is 0 Å². The van der Waals surface area contributed by atoms with Crippen LogP contribution in [0.1, 0.15) is 18.1 Å². The number of fused-ring (bicyclic) bond motifs is 1. The van der Waals surface area contributed by atoms with Crippen molar-refractivity contribution in [3.05, 3.63) is 11.1 Å². The maximum absolute atomic E-state index is 11.0. The van der Waals surface area contributed by atoms with Crippen LogP contribution in [-0.2, 0) is 4.79 Å². The molecule has 1 aliphatic rings. The number of hydrogen-bond donors (Lipinski definition) is 0. The van der Waals surface area contributed by atoms with Crippen molar-refractivity contribution in [2.45, 2.75) is 13.8 Å². The largest absolute Gasteiger partial charge is 0.492 e. The second kappa shape index (κ2) is 5.11. The topological polar surface area (TPSA) is 54.0 Å². The van der Waals surface area contributed by atoms with Gasteiger partial charge in [-0.1, -0.05) is 5.92 Å². The Morgan fingerprint density at radius 2 is 1.79 bits per heavy atom. The third kappa shape index (κ3) is 2.17. The molecule has 0 fully saturated rings. The average Bonchev–Trinajstić information content (AvgIpc) is 2.84. The summed E-state index contributed by atoms with van der Waals surface area (Å²) in [5, 5.41) is 0.